The molecule has 0 radical (unpaired) electrons. The molecule has 27 heavy (non-hydrogen) atoms. The highest BCUT2D eigenvalue weighted by Crippen LogP contribution is 2.42. The summed E-state index contributed by atoms with van der Waals surface area (Å²) in [7, 11) is 0. The van der Waals surface area contributed by atoms with Crippen LogP contribution in [-0.2, 0) is 28.6 Å². The van der Waals surface area contributed by atoms with Gasteiger partial charge >= 0.3 is 11.9 Å². The Kier molecular flexibility index (Phi) is 4.82. The van der Waals surface area contributed by atoms with E-state index in [0.29, 0.717) is 11.1 Å². The van der Waals surface area contributed by atoms with Crippen LogP contribution in [0, 0.1) is 5.92 Å². The van der Waals surface area contributed by atoms with Crippen LogP contribution in [0.4, 0.5) is 0 Å². The van der Waals surface area contributed by atoms with Gasteiger partial charge in [-0.25, -0.2) is 9.59 Å². The Labute approximate surface area is 157 Å². The number of rotatable bonds is 3. The van der Waals surface area contributed by atoms with E-state index in [4.69, 9.17) is 14.2 Å². The SMILES string of the molecule is C=C1C(=O)OC2/C=C(/CO)C3=CC(=O)[C@@](C)(C[C@H](OC(=O)/C(C)=C/C)C12)O3. The zero-order chi connectivity index (χ0) is 19.9. The molecule has 2 unspecified atom stereocenters. The number of hydrogen-bond acceptors (Lipinski definition) is 7. The molecule has 1 saturated heterocycles. The molecule has 7 heteroatoms. The molecule has 144 valence electrons. The lowest BCUT2D eigenvalue weighted by atomic mass is 9.82. The fourth-order valence-electron chi connectivity index (χ4n) is 3.46. The van der Waals surface area contributed by atoms with Crippen LogP contribution in [0.25, 0.3) is 0 Å². The summed E-state index contributed by atoms with van der Waals surface area (Å²) in [5, 5.41) is 9.70. The molecule has 0 aliphatic carbocycles. The number of carbonyl (C=O) groups excluding carboxylic acids is 3. The average molecular weight is 374 g/mol. The Bertz CT molecular complexity index is 816. The van der Waals surface area contributed by atoms with Gasteiger partial charge in [-0.05, 0) is 26.8 Å². The molecule has 0 spiro atoms. The first kappa shape index (κ1) is 19.1. The summed E-state index contributed by atoms with van der Waals surface area (Å²) < 4.78 is 16.8. The van der Waals surface area contributed by atoms with Gasteiger partial charge in [0.05, 0.1) is 12.5 Å². The molecule has 2 bridgehead atoms. The number of ether oxygens (including phenoxy) is 3. The maximum atomic E-state index is 12.5. The average Bonchev–Trinajstić information content (AvgIpc) is 3.08. The number of ketones is 1. The van der Waals surface area contributed by atoms with Gasteiger partial charge < -0.3 is 19.3 Å². The van der Waals surface area contributed by atoms with Crippen LogP contribution in [-0.4, -0.2) is 47.2 Å². The monoisotopic (exact) mass is 374 g/mol. The van der Waals surface area contributed by atoms with Crippen molar-refractivity contribution in [1.29, 1.82) is 0 Å². The minimum atomic E-state index is -1.28. The van der Waals surface area contributed by atoms with Crippen LogP contribution in [0.5, 0.6) is 0 Å². The normalized spacial score (nSPS) is 35.0. The molecule has 0 saturated carbocycles. The Balaban J connectivity index is 2.07. The quantitative estimate of drug-likeness (QED) is 0.591. The molecule has 0 aromatic heterocycles. The van der Waals surface area contributed by atoms with Crippen LogP contribution >= 0.6 is 0 Å². The van der Waals surface area contributed by atoms with Crippen molar-refractivity contribution in [3.8, 4) is 0 Å². The lowest BCUT2D eigenvalue weighted by Gasteiger charge is -2.31. The number of carbonyl (C=O) groups is 3. The predicted molar refractivity (Wildman–Crippen MR) is 94.2 cm³/mol. The molecule has 3 aliphatic heterocycles. The van der Waals surface area contributed by atoms with E-state index in [2.05, 4.69) is 6.58 Å². The summed E-state index contributed by atoms with van der Waals surface area (Å²) in [6.45, 7) is 8.31. The number of hydrogen-bond donors (Lipinski definition) is 1. The molecule has 3 heterocycles. The van der Waals surface area contributed by atoms with E-state index in [1.807, 2.05) is 0 Å². The van der Waals surface area contributed by atoms with Crippen molar-refractivity contribution in [2.45, 2.75) is 45.0 Å². The van der Waals surface area contributed by atoms with E-state index >= 15 is 0 Å². The van der Waals surface area contributed by atoms with Crippen molar-refractivity contribution < 1.29 is 33.7 Å². The van der Waals surface area contributed by atoms with Crippen molar-refractivity contribution >= 4 is 17.7 Å². The Morgan fingerprint density at radius 3 is 2.81 bits per heavy atom. The minimum absolute atomic E-state index is 0.0257. The summed E-state index contributed by atoms with van der Waals surface area (Å²) >= 11 is 0. The highest BCUT2D eigenvalue weighted by molar-refractivity contribution is 6.00. The second-order valence-corrected chi connectivity index (χ2v) is 7.10. The van der Waals surface area contributed by atoms with E-state index < -0.39 is 42.3 Å². The van der Waals surface area contributed by atoms with E-state index in [0.717, 1.165) is 0 Å². The zero-order valence-electron chi connectivity index (χ0n) is 15.5. The van der Waals surface area contributed by atoms with Gasteiger partial charge in [0, 0.05) is 29.2 Å². The van der Waals surface area contributed by atoms with Crippen molar-refractivity contribution in [3.05, 3.63) is 47.3 Å². The number of aliphatic hydroxyl groups excluding tert-OH is 1. The summed E-state index contributed by atoms with van der Waals surface area (Å²) in [5.41, 5.74) is -0.385. The topological polar surface area (TPSA) is 99.1 Å². The molecule has 7 nitrogen and oxygen atoms in total. The molecule has 1 N–H and O–H groups in total. The van der Waals surface area contributed by atoms with Crippen molar-refractivity contribution in [2.75, 3.05) is 6.61 Å². The summed E-state index contributed by atoms with van der Waals surface area (Å²) in [6.07, 6.45) is 2.83. The maximum Gasteiger partial charge on any atom is 0.334 e. The first-order valence-electron chi connectivity index (χ1n) is 8.71. The minimum Gasteiger partial charge on any atom is -0.479 e. The predicted octanol–water partition coefficient (Wildman–Crippen LogP) is 1.53. The van der Waals surface area contributed by atoms with Gasteiger partial charge in [0.25, 0.3) is 0 Å². The Morgan fingerprint density at radius 1 is 1.48 bits per heavy atom. The van der Waals surface area contributed by atoms with Crippen LogP contribution in [0.15, 0.2) is 47.3 Å². The smallest absolute Gasteiger partial charge is 0.334 e. The van der Waals surface area contributed by atoms with Crippen molar-refractivity contribution in [1.82, 2.24) is 0 Å². The highest BCUT2D eigenvalue weighted by Gasteiger charge is 2.52. The van der Waals surface area contributed by atoms with E-state index in [9.17, 15) is 19.5 Å². The largest absolute Gasteiger partial charge is 0.479 e. The molecular formula is C20H22O7. The lowest BCUT2D eigenvalue weighted by Crippen LogP contribution is -2.42. The van der Waals surface area contributed by atoms with Gasteiger partial charge in [-0.1, -0.05) is 12.7 Å². The fraction of sp³-hybridized carbons (Fsp3) is 0.450. The van der Waals surface area contributed by atoms with Crippen LogP contribution in [0.3, 0.4) is 0 Å². The first-order chi connectivity index (χ1) is 12.7. The molecular weight excluding hydrogens is 352 g/mol. The molecule has 1 fully saturated rings. The van der Waals surface area contributed by atoms with Gasteiger partial charge in [0.1, 0.15) is 18.0 Å². The summed E-state index contributed by atoms with van der Waals surface area (Å²) in [4.78, 5) is 37.0. The zero-order valence-corrected chi connectivity index (χ0v) is 15.5. The molecule has 0 amide bonds. The third kappa shape index (κ3) is 3.23. The first-order valence-corrected chi connectivity index (χ1v) is 8.71. The third-order valence-corrected chi connectivity index (χ3v) is 5.24. The third-order valence-electron chi connectivity index (χ3n) is 5.24. The van der Waals surface area contributed by atoms with Crippen LogP contribution < -0.4 is 0 Å². The number of esters is 2. The second kappa shape index (κ2) is 6.81. The summed E-state index contributed by atoms with van der Waals surface area (Å²) in [6, 6.07) is 0. The maximum absolute atomic E-state index is 12.5. The molecule has 0 aromatic rings. The second-order valence-electron chi connectivity index (χ2n) is 7.10. The molecule has 3 rings (SSSR count). The fourth-order valence-corrected chi connectivity index (χ4v) is 3.46. The van der Waals surface area contributed by atoms with Crippen LogP contribution in [0.2, 0.25) is 0 Å². The van der Waals surface area contributed by atoms with E-state index in [1.54, 1.807) is 26.8 Å². The number of fused-ring (bicyclic) bond motifs is 3. The van der Waals surface area contributed by atoms with Gasteiger partial charge in [-0.2, -0.15) is 0 Å². The Hall–Kier alpha value is -2.67. The summed E-state index contributed by atoms with van der Waals surface area (Å²) in [5.74, 6) is -1.90. The van der Waals surface area contributed by atoms with Gasteiger partial charge in [0.15, 0.2) is 5.60 Å². The van der Waals surface area contributed by atoms with E-state index in [-0.39, 0.29) is 23.5 Å². The number of aliphatic hydroxyl groups is 1. The molecule has 4 atom stereocenters. The van der Waals surface area contributed by atoms with Gasteiger partial charge in [-0.15, -0.1) is 0 Å². The van der Waals surface area contributed by atoms with Gasteiger partial charge in [-0.3, -0.25) is 4.79 Å². The molecule has 3 aliphatic rings. The van der Waals surface area contributed by atoms with Crippen molar-refractivity contribution in [3.63, 3.8) is 0 Å². The Morgan fingerprint density at radius 2 is 2.19 bits per heavy atom. The van der Waals surface area contributed by atoms with Crippen LogP contribution in [0.1, 0.15) is 27.2 Å². The highest BCUT2D eigenvalue weighted by atomic mass is 16.6. The standard InChI is InChI=1S/C20H22O7/c1-5-10(2)18(23)26-15-8-20(4)16(22)7-13(27-20)12(9-21)6-14-17(15)11(3)19(24)25-14/h5-7,14-15,17,21H,3,8-9H2,1-2,4H3/b10-5+,12-6-/t14?,15-,17?,20+/m0/s1. The lowest BCUT2D eigenvalue weighted by molar-refractivity contribution is -0.153. The molecule has 0 aromatic carbocycles. The van der Waals surface area contributed by atoms with Gasteiger partial charge in [0.2, 0.25) is 5.78 Å². The van der Waals surface area contributed by atoms with Crippen molar-refractivity contribution in [2.24, 2.45) is 5.92 Å². The number of allylic oxidation sites excluding steroid dienone is 1. The van der Waals surface area contributed by atoms with E-state index in [1.165, 1.54) is 12.2 Å².